The van der Waals surface area contributed by atoms with Gasteiger partial charge in [0.1, 0.15) is 17.3 Å². The van der Waals surface area contributed by atoms with Gasteiger partial charge in [-0.15, -0.1) is 5.10 Å². The van der Waals surface area contributed by atoms with E-state index in [-0.39, 0.29) is 11.6 Å². The topological polar surface area (TPSA) is 109 Å². The van der Waals surface area contributed by atoms with Gasteiger partial charge in [0.05, 0.1) is 24.4 Å². The molecule has 1 fully saturated rings. The predicted octanol–water partition coefficient (Wildman–Crippen LogP) is 1.41. The minimum absolute atomic E-state index is 0.0851. The normalized spacial score (nSPS) is 14.5. The highest BCUT2D eigenvalue weighted by Crippen LogP contribution is 2.27. The molecule has 0 saturated carbocycles. The van der Waals surface area contributed by atoms with Crippen LogP contribution in [0.2, 0.25) is 0 Å². The van der Waals surface area contributed by atoms with Crippen LogP contribution in [0.1, 0.15) is 17.7 Å². The average molecular weight is 405 g/mol. The first kappa shape index (κ1) is 19.8. The summed E-state index contributed by atoms with van der Waals surface area (Å²) in [4.78, 5) is 18.0. The molecular formula is C21H23N7O2. The summed E-state index contributed by atoms with van der Waals surface area (Å²) in [5.41, 5.74) is 4.13. The van der Waals surface area contributed by atoms with Crippen molar-refractivity contribution >= 4 is 16.9 Å². The monoisotopic (exact) mass is 405 g/mol. The number of rotatable bonds is 6. The Morgan fingerprint density at radius 2 is 2.20 bits per heavy atom. The van der Waals surface area contributed by atoms with Crippen LogP contribution in [0.4, 0.5) is 0 Å². The second-order valence-corrected chi connectivity index (χ2v) is 7.36. The Labute approximate surface area is 174 Å². The Bertz CT molecular complexity index is 1130. The van der Waals surface area contributed by atoms with Crippen molar-refractivity contribution in [3.63, 3.8) is 0 Å². The first-order valence-corrected chi connectivity index (χ1v) is 9.88. The van der Waals surface area contributed by atoms with Crippen LogP contribution in [0, 0.1) is 18.3 Å². The van der Waals surface area contributed by atoms with Crippen molar-refractivity contribution < 1.29 is 9.53 Å². The fraction of sp³-hybridized carbons (Fsp3) is 0.381. The fourth-order valence-corrected chi connectivity index (χ4v) is 3.58. The van der Waals surface area contributed by atoms with Crippen molar-refractivity contribution in [2.75, 3.05) is 32.8 Å². The predicted molar refractivity (Wildman–Crippen MR) is 111 cm³/mol. The third-order valence-corrected chi connectivity index (χ3v) is 5.17. The summed E-state index contributed by atoms with van der Waals surface area (Å²) in [6.07, 6.45) is 0.853. The zero-order chi connectivity index (χ0) is 21.1. The van der Waals surface area contributed by atoms with Crippen molar-refractivity contribution in [3.8, 4) is 23.1 Å². The zero-order valence-electron chi connectivity index (χ0n) is 17.1. The van der Waals surface area contributed by atoms with Gasteiger partial charge in [-0.25, -0.2) is 9.67 Å². The number of carbonyl (C=O) groups is 1. The lowest BCUT2D eigenvalue weighted by atomic mass is 10.1. The van der Waals surface area contributed by atoms with Gasteiger partial charge in [0.15, 0.2) is 5.69 Å². The number of benzene rings is 1. The highest BCUT2D eigenvalue weighted by molar-refractivity contribution is 5.83. The van der Waals surface area contributed by atoms with E-state index in [0.29, 0.717) is 30.9 Å². The highest BCUT2D eigenvalue weighted by atomic mass is 16.5. The van der Waals surface area contributed by atoms with Crippen molar-refractivity contribution in [2.45, 2.75) is 13.3 Å². The van der Waals surface area contributed by atoms with Gasteiger partial charge in [-0.3, -0.25) is 9.69 Å². The van der Waals surface area contributed by atoms with E-state index in [4.69, 9.17) is 4.74 Å². The standard InChI is InChI=1S/C21H23N7O2/c1-14-10-15(16-11-18-21(17(12-22)24-16)25-26-27(18)2)4-5-19(14)30-9-3-7-28-8-6-23-20(29)13-28/h4-5,10-11H,3,6-9,13H2,1-2H3,(H,23,29). The molecule has 9 nitrogen and oxygen atoms in total. The molecule has 0 aliphatic carbocycles. The molecule has 1 aromatic carbocycles. The van der Waals surface area contributed by atoms with Gasteiger partial charge >= 0.3 is 0 Å². The summed E-state index contributed by atoms with van der Waals surface area (Å²) in [7, 11) is 1.79. The van der Waals surface area contributed by atoms with E-state index in [0.717, 1.165) is 41.9 Å². The van der Waals surface area contributed by atoms with Crippen molar-refractivity contribution in [2.24, 2.45) is 7.05 Å². The molecule has 3 heterocycles. The number of hydrogen-bond donors (Lipinski definition) is 1. The molecule has 2 aromatic heterocycles. The molecule has 154 valence electrons. The van der Waals surface area contributed by atoms with Crippen LogP contribution in [0.5, 0.6) is 5.75 Å². The lowest BCUT2D eigenvalue weighted by molar-refractivity contribution is -0.124. The summed E-state index contributed by atoms with van der Waals surface area (Å²) in [5.74, 6) is 0.904. The molecule has 0 radical (unpaired) electrons. The number of fused-ring (bicyclic) bond motifs is 1. The lowest BCUT2D eigenvalue weighted by Crippen LogP contribution is -2.47. The number of pyridine rings is 1. The Morgan fingerprint density at radius 3 is 2.97 bits per heavy atom. The Kier molecular flexibility index (Phi) is 5.59. The number of amides is 1. The molecule has 9 heteroatoms. The number of nitrogens with one attached hydrogen (secondary N) is 1. The first-order chi connectivity index (χ1) is 14.5. The number of ether oxygens (including phenoxy) is 1. The average Bonchev–Trinajstić information content (AvgIpc) is 3.12. The van der Waals surface area contributed by atoms with Gasteiger partial charge in [-0.05, 0) is 43.2 Å². The molecule has 1 aliphatic heterocycles. The smallest absolute Gasteiger partial charge is 0.234 e. The van der Waals surface area contributed by atoms with Gasteiger partial charge in [0, 0.05) is 32.2 Å². The number of nitriles is 1. The van der Waals surface area contributed by atoms with Gasteiger partial charge < -0.3 is 10.1 Å². The molecule has 1 saturated heterocycles. The summed E-state index contributed by atoms with van der Waals surface area (Å²) < 4.78 is 7.58. The van der Waals surface area contributed by atoms with Crippen LogP contribution in [0.25, 0.3) is 22.3 Å². The van der Waals surface area contributed by atoms with Crippen molar-refractivity contribution in [3.05, 3.63) is 35.5 Å². The summed E-state index contributed by atoms with van der Waals surface area (Å²) in [6, 6.07) is 9.87. The molecule has 1 aliphatic rings. The van der Waals surface area contributed by atoms with Crippen LogP contribution >= 0.6 is 0 Å². The molecule has 0 bridgehead atoms. The zero-order valence-corrected chi connectivity index (χ0v) is 17.1. The Hall–Kier alpha value is -3.51. The SMILES string of the molecule is Cc1cc(-c2cc3c(nnn3C)c(C#N)n2)ccc1OCCCN1CCNC(=O)C1. The molecule has 0 spiro atoms. The number of piperazine rings is 1. The Balaban J connectivity index is 1.43. The molecule has 0 atom stereocenters. The molecule has 1 amide bonds. The number of aryl methyl sites for hydroxylation is 2. The summed E-state index contributed by atoms with van der Waals surface area (Å²) >= 11 is 0. The third-order valence-electron chi connectivity index (χ3n) is 5.17. The quantitative estimate of drug-likeness (QED) is 0.618. The van der Waals surface area contributed by atoms with Crippen LogP contribution in [-0.4, -0.2) is 63.6 Å². The van der Waals surface area contributed by atoms with Crippen molar-refractivity contribution in [1.29, 1.82) is 5.26 Å². The third kappa shape index (κ3) is 4.09. The maximum atomic E-state index is 11.4. The maximum absolute atomic E-state index is 11.4. The molecule has 4 rings (SSSR count). The minimum atomic E-state index is 0.0851. The minimum Gasteiger partial charge on any atom is -0.493 e. The van der Waals surface area contributed by atoms with E-state index in [1.54, 1.807) is 11.7 Å². The van der Waals surface area contributed by atoms with Crippen LogP contribution in [0.15, 0.2) is 24.3 Å². The molecular weight excluding hydrogens is 382 g/mol. The largest absolute Gasteiger partial charge is 0.493 e. The van der Waals surface area contributed by atoms with E-state index in [1.807, 2.05) is 31.2 Å². The second kappa shape index (κ2) is 8.47. The molecule has 0 unspecified atom stereocenters. The van der Waals surface area contributed by atoms with Gasteiger partial charge in [0.25, 0.3) is 0 Å². The summed E-state index contributed by atoms with van der Waals surface area (Å²) in [6.45, 7) is 5.47. The highest BCUT2D eigenvalue weighted by Gasteiger charge is 2.16. The van der Waals surface area contributed by atoms with E-state index >= 15 is 0 Å². The van der Waals surface area contributed by atoms with E-state index in [1.165, 1.54) is 0 Å². The van der Waals surface area contributed by atoms with Gasteiger partial charge in [0.2, 0.25) is 5.91 Å². The molecule has 30 heavy (non-hydrogen) atoms. The summed E-state index contributed by atoms with van der Waals surface area (Å²) in [5, 5.41) is 20.2. The maximum Gasteiger partial charge on any atom is 0.234 e. The van der Waals surface area contributed by atoms with Crippen molar-refractivity contribution in [1.82, 2.24) is 30.2 Å². The van der Waals surface area contributed by atoms with Crippen LogP contribution in [-0.2, 0) is 11.8 Å². The van der Waals surface area contributed by atoms with Gasteiger partial charge in [-0.2, -0.15) is 5.26 Å². The second-order valence-electron chi connectivity index (χ2n) is 7.36. The fourth-order valence-electron chi connectivity index (χ4n) is 3.58. The number of hydrogen-bond acceptors (Lipinski definition) is 7. The van der Waals surface area contributed by atoms with E-state index in [2.05, 4.69) is 31.6 Å². The first-order valence-electron chi connectivity index (χ1n) is 9.88. The lowest BCUT2D eigenvalue weighted by Gasteiger charge is -2.26. The number of carbonyl (C=O) groups excluding carboxylic acids is 1. The number of aromatic nitrogens is 4. The molecule has 1 N–H and O–H groups in total. The Morgan fingerprint density at radius 1 is 1.33 bits per heavy atom. The van der Waals surface area contributed by atoms with Gasteiger partial charge in [-0.1, -0.05) is 5.21 Å². The van der Waals surface area contributed by atoms with Crippen LogP contribution in [0.3, 0.4) is 0 Å². The van der Waals surface area contributed by atoms with Crippen LogP contribution < -0.4 is 10.1 Å². The molecule has 3 aromatic rings. The van der Waals surface area contributed by atoms with E-state index in [9.17, 15) is 10.1 Å². The van der Waals surface area contributed by atoms with E-state index < -0.39 is 0 Å². The number of nitrogens with zero attached hydrogens (tertiary/aromatic N) is 6.